The van der Waals surface area contributed by atoms with E-state index in [0.717, 1.165) is 10.5 Å². The topological polar surface area (TPSA) is 130 Å². The lowest BCUT2D eigenvalue weighted by Gasteiger charge is -2.46. The van der Waals surface area contributed by atoms with Crippen LogP contribution >= 0.6 is 10.6 Å². The van der Waals surface area contributed by atoms with Crippen LogP contribution in [-0.4, -0.2) is 50.5 Å². The highest BCUT2D eigenvalue weighted by Gasteiger charge is 2.68. The van der Waals surface area contributed by atoms with E-state index in [0.29, 0.717) is 0 Å². The SMILES string of the molecule is Cc1ccc(S(=O)(=O)OOC(=O)C2N3C(=O)CC3S(O)(O)C2(C)C)cc1. The average molecular weight is 405 g/mol. The van der Waals surface area contributed by atoms with E-state index >= 15 is 0 Å². The first-order valence-corrected chi connectivity index (χ1v) is 10.7. The fourth-order valence-electron chi connectivity index (χ4n) is 3.10. The third-order valence-electron chi connectivity index (χ3n) is 4.78. The van der Waals surface area contributed by atoms with Crippen LogP contribution in [0.15, 0.2) is 29.2 Å². The van der Waals surface area contributed by atoms with Crippen molar-refractivity contribution < 1.29 is 36.3 Å². The Balaban J connectivity index is 1.78. The standard InChI is InChI=1S/C15H19NO8S2/c1-9-4-6-10(7-5-9)26(21,22)24-23-14(18)13-15(2,3)25(19,20)12-8-11(17)16(12)13/h4-7,12-13,19-20H,8H2,1-3H3. The van der Waals surface area contributed by atoms with Gasteiger partial charge in [0, 0.05) is 0 Å². The summed E-state index contributed by atoms with van der Waals surface area (Å²) >= 11 is 0. The molecule has 2 atom stereocenters. The van der Waals surface area contributed by atoms with Crippen LogP contribution in [0.4, 0.5) is 0 Å². The highest BCUT2D eigenvalue weighted by molar-refractivity contribution is 8.26. The first kappa shape index (κ1) is 19.1. The number of aryl methyl sites for hydroxylation is 1. The van der Waals surface area contributed by atoms with Gasteiger partial charge in [0.15, 0.2) is 6.04 Å². The number of hydrogen-bond acceptors (Lipinski definition) is 8. The lowest BCUT2D eigenvalue weighted by molar-refractivity contribution is -0.219. The molecule has 144 valence electrons. The highest BCUT2D eigenvalue weighted by atomic mass is 32.3. The van der Waals surface area contributed by atoms with Gasteiger partial charge in [0.25, 0.3) is 0 Å². The zero-order valence-corrected chi connectivity index (χ0v) is 15.9. The Morgan fingerprint density at radius 2 is 1.85 bits per heavy atom. The van der Waals surface area contributed by atoms with Gasteiger partial charge in [-0.05, 0) is 37.2 Å². The molecule has 3 rings (SSSR count). The van der Waals surface area contributed by atoms with Gasteiger partial charge in [-0.25, -0.2) is 4.79 Å². The molecule has 2 heterocycles. The molecule has 2 aliphatic heterocycles. The lowest BCUT2D eigenvalue weighted by Crippen LogP contribution is -2.57. The van der Waals surface area contributed by atoms with E-state index in [1.165, 1.54) is 26.0 Å². The molecule has 1 amide bonds. The Labute approximate surface area is 152 Å². The molecule has 11 heteroatoms. The molecule has 2 aliphatic rings. The maximum absolute atomic E-state index is 12.4. The summed E-state index contributed by atoms with van der Waals surface area (Å²) in [5, 5.41) is -0.878. The summed E-state index contributed by atoms with van der Waals surface area (Å²) < 4.78 is 47.9. The van der Waals surface area contributed by atoms with Gasteiger partial charge in [0.1, 0.15) is 5.37 Å². The van der Waals surface area contributed by atoms with Gasteiger partial charge in [0.05, 0.1) is 16.1 Å². The molecule has 0 bridgehead atoms. The fraction of sp³-hybridized carbons (Fsp3) is 0.467. The number of hydrogen-bond donors (Lipinski definition) is 2. The number of carbonyl (C=O) groups is 2. The number of nitrogens with zero attached hydrogens (tertiary/aromatic N) is 1. The van der Waals surface area contributed by atoms with Crippen LogP contribution in [0.3, 0.4) is 0 Å². The zero-order valence-electron chi connectivity index (χ0n) is 14.3. The minimum atomic E-state index is -4.36. The van der Waals surface area contributed by atoms with E-state index in [9.17, 15) is 27.1 Å². The van der Waals surface area contributed by atoms with Crippen LogP contribution in [0.25, 0.3) is 0 Å². The van der Waals surface area contributed by atoms with Crippen molar-refractivity contribution in [3.8, 4) is 0 Å². The van der Waals surface area contributed by atoms with E-state index in [2.05, 4.69) is 9.22 Å². The van der Waals surface area contributed by atoms with Crippen molar-refractivity contribution in [3.63, 3.8) is 0 Å². The first-order chi connectivity index (χ1) is 11.9. The van der Waals surface area contributed by atoms with Gasteiger partial charge in [-0.15, -0.1) is 0 Å². The molecule has 2 fully saturated rings. The number of amides is 1. The Morgan fingerprint density at radius 1 is 1.27 bits per heavy atom. The molecular weight excluding hydrogens is 386 g/mol. The maximum atomic E-state index is 12.4. The van der Waals surface area contributed by atoms with Crippen molar-refractivity contribution in [1.82, 2.24) is 4.90 Å². The molecule has 0 spiro atoms. The van der Waals surface area contributed by atoms with Gasteiger partial charge in [-0.2, -0.15) is 19.0 Å². The van der Waals surface area contributed by atoms with Crippen LogP contribution < -0.4 is 0 Å². The van der Waals surface area contributed by atoms with Crippen molar-refractivity contribution in [2.45, 2.75) is 48.3 Å². The molecule has 2 N–H and O–H groups in total. The Kier molecular flexibility index (Phi) is 4.36. The number of carbonyl (C=O) groups excluding carboxylic acids is 2. The van der Waals surface area contributed by atoms with Crippen molar-refractivity contribution in [2.24, 2.45) is 0 Å². The van der Waals surface area contributed by atoms with Crippen LogP contribution in [0.5, 0.6) is 0 Å². The summed E-state index contributed by atoms with van der Waals surface area (Å²) in [6.45, 7) is 4.60. The van der Waals surface area contributed by atoms with E-state index in [1.807, 2.05) is 0 Å². The minimum Gasteiger partial charge on any atom is -0.306 e. The van der Waals surface area contributed by atoms with Gasteiger partial charge in [-0.3, -0.25) is 18.8 Å². The normalized spacial score (nSPS) is 27.4. The van der Waals surface area contributed by atoms with E-state index < -0.39 is 48.7 Å². The molecule has 2 unspecified atom stereocenters. The van der Waals surface area contributed by atoms with E-state index in [-0.39, 0.29) is 11.3 Å². The quantitative estimate of drug-likeness (QED) is 0.439. The molecule has 9 nitrogen and oxygen atoms in total. The number of β-lactam (4-membered cyclic amide) rings is 1. The fourth-order valence-corrected chi connectivity index (χ4v) is 5.98. The van der Waals surface area contributed by atoms with Crippen LogP contribution in [0.2, 0.25) is 0 Å². The van der Waals surface area contributed by atoms with Gasteiger partial charge < -0.3 is 4.90 Å². The Morgan fingerprint density at radius 3 is 2.38 bits per heavy atom. The third kappa shape index (κ3) is 2.70. The van der Waals surface area contributed by atoms with Crippen molar-refractivity contribution >= 4 is 32.6 Å². The monoisotopic (exact) mass is 405 g/mol. The van der Waals surface area contributed by atoms with Gasteiger partial charge >= 0.3 is 16.1 Å². The molecule has 1 aromatic rings. The third-order valence-corrected chi connectivity index (χ3v) is 8.80. The van der Waals surface area contributed by atoms with E-state index in [4.69, 9.17) is 0 Å². The molecule has 2 saturated heterocycles. The molecule has 0 aliphatic carbocycles. The average Bonchev–Trinajstić information content (AvgIpc) is 2.67. The zero-order chi connectivity index (χ0) is 19.5. The predicted octanol–water partition coefficient (Wildman–Crippen LogP) is 1.63. The summed E-state index contributed by atoms with van der Waals surface area (Å²) in [7, 11) is -7.66. The number of rotatable bonds is 4. The van der Waals surface area contributed by atoms with Crippen LogP contribution in [-0.2, 0) is 28.9 Å². The second-order valence-corrected chi connectivity index (χ2v) is 11.1. The molecular formula is C15H19NO8S2. The summed E-state index contributed by atoms with van der Waals surface area (Å²) in [5.41, 5.74) is 0.834. The molecule has 26 heavy (non-hydrogen) atoms. The summed E-state index contributed by atoms with van der Waals surface area (Å²) in [6.07, 6.45) is -0.0853. The van der Waals surface area contributed by atoms with Crippen LogP contribution in [0.1, 0.15) is 25.8 Å². The second kappa shape index (κ2) is 5.92. The maximum Gasteiger partial charge on any atom is 0.368 e. The molecule has 1 aromatic carbocycles. The Hall–Kier alpha value is -1.66. The second-order valence-electron chi connectivity index (χ2n) is 6.80. The smallest absolute Gasteiger partial charge is 0.306 e. The summed E-state index contributed by atoms with van der Waals surface area (Å²) in [4.78, 5) is 29.5. The van der Waals surface area contributed by atoms with Crippen molar-refractivity contribution in [3.05, 3.63) is 29.8 Å². The number of benzene rings is 1. The first-order valence-electron chi connectivity index (χ1n) is 7.69. The highest BCUT2D eigenvalue weighted by Crippen LogP contribution is 2.68. The minimum absolute atomic E-state index is 0.0853. The molecule has 0 saturated carbocycles. The number of fused-ring (bicyclic) bond motifs is 1. The van der Waals surface area contributed by atoms with E-state index in [1.54, 1.807) is 19.1 Å². The predicted molar refractivity (Wildman–Crippen MR) is 91.5 cm³/mol. The Bertz CT molecular complexity index is 862. The largest absolute Gasteiger partial charge is 0.368 e. The molecule has 0 aromatic heterocycles. The van der Waals surface area contributed by atoms with Crippen molar-refractivity contribution in [2.75, 3.05) is 0 Å². The van der Waals surface area contributed by atoms with Crippen molar-refractivity contribution in [1.29, 1.82) is 0 Å². The molecule has 0 radical (unpaired) electrons. The summed E-state index contributed by atoms with van der Waals surface area (Å²) in [6, 6.07) is 4.34. The van der Waals surface area contributed by atoms with Gasteiger partial charge in [0.2, 0.25) is 5.91 Å². The lowest BCUT2D eigenvalue weighted by atomic mass is 9.98. The summed E-state index contributed by atoms with van der Waals surface area (Å²) in [5.74, 6) is -1.62. The van der Waals surface area contributed by atoms with Crippen LogP contribution in [0, 0.1) is 6.92 Å². The van der Waals surface area contributed by atoms with Gasteiger partial charge in [-0.1, -0.05) is 17.7 Å².